The maximum Gasteiger partial charge on any atom is 0.287 e. The first-order valence-electron chi connectivity index (χ1n) is 9.38. The molecule has 0 saturated carbocycles. The summed E-state index contributed by atoms with van der Waals surface area (Å²) in [5.41, 5.74) is -1.74. The minimum atomic E-state index is -3.50. The van der Waals surface area contributed by atoms with Crippen molar-refractivity contribution in [2.75, 3.05) is 0 Å². The van der Waals surface area contributed by atoms with Gasteiger partial charge in [0, 0.05) is 17.4 Å². The van der Waals surface area contributed by atoms with Gasteiger partial charge in [-0.15, -0.1) is 0 Å². The van der Waals surface area contributed by atoms with Crippen molar-refractivity contribution in [3.8, 4) is 11.3 Å². The van der Waals surface area contributed by atoms with E-state index in [9.17, 15) is 27.5 Å². The van der Waals surface area contributed by atoms with Gasteiger partial charge in [0.25, 0.3) is 18.8 Å². The van der Waals surface area contributed by atoms with E-state index in [1.54, 1.807) is 36.4 Å². The lowest BCUT2D eigenvalue weighted by molar-refractivity contribution is -0.164. The molecule has 1 aliphatic rings. The van der Waals surface area contributed by atoms with Crippen LogP contribution in [0.5, 0.6) is 0 Å². The average Bonchev–Trinajstić information content (AvgIpc) is 3.12. The van der Waals surface area contributed by atoms with Gasteiger partial charge < -0.3 is 5.11 Å². The van der Waals surface area contributed by atoms with Crippen molar-refractivity contribution >= 4 is 22.5 Å². The number of aliphatic hydroxyl groups is 1. The second-order valence-electron chi connectivity index (χ2n) is 7.30. The van der Waals surface area contributed by atoms with Crippen LogP contribution in [0.15, 0.2) is 59.7 Å². The van der Waals surface area contributed by atoms with E-state index in [1.807, 2.05) is 19.1 Å². The van der Waals surface area contributed by atoms with Crippen LogP contribution >= 0.6 is 0 Å². The highest BCUT2D eigenvalue weighted by Crippen LogP contribution is 2.36. The van der Waals surface area contributed by atoms with Gasteiger partial charge in [-0.2, -0.15) is 10.1 Å². The summed E-state index contributed by atoms with van der Waals surface area (Å²) in [7, 11) is 0. The van der Waals surface area contributed by atoms with Crippen molar-refractivity contribution in [1.82, 2.24) is 9.99 Å². The van der Waals surface area contributed by atoms with Crippen LogP contribution in [-0.4, -0.2) is 45.3 Å². The molecule has 0 fully saturated rings. The van der Waals surface area contributed by atoms with Gasteiger partial charge in [0.2, 0.25) is 5.72 Å². The predicted octanol–water partition coefficient (Wildman–Crippen LogP) is 4.63. The molecule has 1 atom stereocenters. The van der Waals surface area contributed by atoms with Gasteiger partial charge in [0.1, 0.15) is 5.71 Å². The Balaban J connectivity index is 1.88. The minimum Gasteiger partial charge on any atom is -0.364 e. The predicted molar refractivity (Wildman–Crippen MR) is 107 cm³/mol. The molecule has 9 heteroatoms. The number of alkyl halides is 4. The molecule has 0 saturated heterocycles. The molecule has 4 rings (SSSR count). The number of pyridine rings is 1. The Labute approximate surface area is 174 Å². The van der Waals surface area contributed by atoms with E-state index < -0.39 is 36.6 Å². The molecular weight excluding hydrogens is 414 g/mol. The molecule has 1 unspecified atom stereocenters. The number of carbonyl (C=O) groups is 1. The Bertz CT molecular complexity index is 1180. The molecule has 160 valence electrons. The molecule has 0 bridgehead atoms. The van der Waals surface area contributed by atoms with E-state index in [-0.39, 0.29) is 10.6 Å². The summed E-state index contributed by atoms with van der Waals surface area (Å²) in [6, 6.07) is 15.2. The molecule has 0 aliphatic carbocycles. The molecule has 2 aromatic carbocycles. The first kappa shape index (κ1) is 20.9. The van der Waals surface area contributed by atoms with Crippen LogP contribution in [0.4, 0.5) is 17.6 Å². The maximum absolute atomic E-state index is 13.6. The number of hydrazone groups is 1. The van der Waals surface area contributed by atoms with Crippen molar-refractivity contribution in [2.45, 2.75) is 31.9 Å². The number of aromatic nitrogens is 1. The molecule has 0 spiro atoms. The van der Waals surface area contributed by atoms with Gasteiger partial charge in [0.15, 0.2) is 0 Å². The zero-order valence-electron chi connectivity index (χ0n) is 16.3. The van der Waals surface area contributed by atoms with Crippen molar-refractivity contribution in [2.24, 2.45) is 5.10 Å². The summed E-state index contributed by atoms with van der Waals surface area (Å²) in [6.07, 6.45) is -7.82. The highest BCUT2D eigenvalue weighted by Gasteiger charge is 2.53. The SMILES string of the molecule is Cc1ccc(-c2cc(C(=O)N3N=C(C(F)F)CC3(O)C(F)F)c3ccccc3n2)cc1. The quantitative estimate of drug-likeness (QED) is 0.613. The first-order chi connectivity index (χ1) is 14.7. The lowest BCUT2D eigenvalue weighted by atomic mass is 10.0. The van der Waals surface area contributed by atoms with Gasteiger partial charge in [-0.1, -0.05) is 48.0 Å². The van der Waals surface area contributed by atoms with Gasteiger partial charge in [-0.25, -0.2) is 22.5 Å². The molecular formula is C22H17F4N3O2. The fourth-order valence-electron chi connectivity index (χ4n) is 3.44. The van der Waals surface area contributed by atoms with E-state index in [4.69, 9.17) is 0 Å². The number of benzene rings is 2. The lowest BCUT2D eigenvalue weighted by Gasteiger charge is -2.30. The fraction of sp³-hybridized carbons (Fsp3) is 0.227. The van der Waals surface area contributed by atoms with E-state index in [1.165, 1.54) is 6.07 Å². The topological polar surface area (TPSA) is 65.8 Å². The minimum absolute atomic E-state index is 0.0693. The second kappa shape index (κ2) is 7.73. The molecule has 31 heavy (non-hydrogen) atoms. The number of nitrogens with zero attached hydrogens (tertiary/aromatic N) is 3. The Kier molecular flexibility index (Phi) is 5.22. The normalized spacial score (nSPS) is 18.8. The highest BCUT2D eigenvalue weighted by molar-refractivity contribution is 6.08. The number of halogens is 4. The van der Waals surface area contributed by atoms with Crippen molar-refractivity contribution in [3.05, 3.63) is 65.7 Å². The molecule has 5 nitrogen and oxygen atoms in total. The number of rotatable bonds is 4. The summed E-state index contributed by atoms with van der Waals surface area (Å²) < 4.78 is 53.5. The Morgan fingerprint density at radius 2 is 1.77 bits per heavy atom. The number of hydrogen-bond donors (Lipinski definition) is 1. The van der Waals surface area contributed by atoms with Crippen LogP contribution in [0.2, 0.25) is 0 Å². The van der Waals surface area contributed by atoms with E-state index in [2.05, 4.69) is 10.1 Å². The van der Waals surface area contributed by atoms with Gasteiger partial charge in [0.05, 0.1) is 16.8 Å². The molecule has 1 aliphatic heterocycles. The summed E-state index contributed by atoms with van der Waals surface area (Å²) in [4.78, 5) is 17.8. The van der Waals surface area contributed by atoms with Gasteiger partial charge in [-0.3, -0.25) is 4.79 Å². The van der Waals surface area contributed by atoms with E-state index in [0.717, 1.165) is 5.56 Å². The highest BCUT2D eigenvalue weighted by atomic mass is 19.3. The van der Waals surface area contributed by atoms with Crippen molar-refractivity contribution < 1.29 is 27.5 Å². The number of carbonyl (C=O) groups excluding carboxylic acids is 1. The van der Waals surface area contributed by atoms with E-state index in [0.29, 0.717) is 22.2 Å². The number of amides is 1. The van der Waals surface area contributed by atoms with E-state index >= 15 is 0 Å². The molecule has 3 aromatic rings. The van der Waals surface area contributed by atoms with Crippen LogP contribution < -0.4 is 0 Å². The largest absolute Gasteiger partial charge is 0.364 e. The fourth-order valence-corrected chi connectivity index (χ4v) is 3.44. The van der Waals surface area contributed by atoms with Gasteiger partial charge in [-0.05, 0) is 19.1 Å². The second-order valence-corrected chi connectivity index (χ2v) is 7.30. The molecule has 1 amide bonds. The zero-order valence-corrected chi connectivity index (χ0v) is 16.3. The summed E-state index contributed by atoms with van der Waals surface area (Å²) >= 11 is 0. The number of hydrogen-bond acceptors (Lipinski definition) is 4. The van der Waals surface area contributed by atoms with Crippen LogP contribution in [-0.2, 0) is 0 Å². The third-order valence-corrected chi connectivity index (χ3v) is 5.12. The van der Waals surface area contributed by atoms with Crippen LogP contribution in [0.1, 0.15) is 22.3 Å². The van der Waals surface area contributed by atoms with Crippen LogP contribution in [0, 0.1) is 6.92 Å². The molecule has 2 heterocycles. The van der Waals surface area contributed by atoms with Gasteiger partial charge >= 0.3 is 0 Å². The third-order valence-electron chi connectivity index (χ3n) is 5.12. The standard InChI is InChI=1S/C22H17F4N3O2/c1-12-6-8-13(9-7-12)17-10-15(14-4-2-3-5-16(14)27-17)20(30)29-22(31,21(25)26)11-18(28-29)19(23)24/h2-10,19,21,31H,11H2,1H3. The zero-order chi connectivity index (χ0) is 22.3. The lowest BCUT2D eigenvalue weighted by Crippen LogP contribution is -2.51. The number of para-hydroxylation sites is 1. The van der Waals surface area contributed by atoms with Crippen LogP contribution in [0.3, 0.4) is 0 Å². The Hall–Kier alpha value is -3.33. The molecule has 1 N–H and O–H groups in total. The smallest absolute Gasteiger partial charge is 0.287 e. The maximum atomic E-state index is 13.6. The first-order valence-corrected chi connectivity index (χ1v) is 9.38. The summed E-state index contributed by atoms with van der Waals surface area (Å²) in [5, 5.41) is 14.1. The molecule has 0 radical (unpaired) electrons. The Morgan fingerprint density at radius 3 is 2.42 bits per heavy atom. The monoisotopic (exact) mass is 431 g/mol. The van der Waals surface area contributed by atoms with Crippen molar-refractivity contribution in [3.63, 3.8) is 0 Å². The van der Waals surface area contributed by atoms with Crippen molar-refractivity contribution in [1.29, 1.82) is 0 Å². The molecule has 1 aromatic heterocycles. The third kappa shape index (κ3) is 3.65. The number of fused-ring (bicyclic) bond motifs is 1. The summed E-state index contributed by atoms with van der Waals surface area (Å²) in [6.45, 7) is 1.91. The average molecular weight is 431 g/mol. The Morgan fingerprint density at radius 1 is 1.10 bits per heavy atom. The number of aryl methyl sites for hydroxylation is 1. The van der Waals surface area contributed by atoms with Crippen LogP contribution in [0.25, 0.3) is 22.2 Å². The summed E-state index contributed by atoms with van der Waals surface area (Å²) in [5.74, 6) is -1.12.